The monoisotopic (exact) mass is 324 g/mol. The third-order valence-corrected chi connectivity index (χ3v) is 3.58. The molecule has 0 bridgehead atoms. The van der Waals surface area contributed by atoms with E-state index < -0.39 is 5.97 Å². The Hall–Kier alpha value is -1.38. The van der Waals surface area contributed by atoms with Crippen LogP contribution in [0.1, 0.15) is 84.0 Å². The van der Waals surface area contributed by atoms with E-state index in [1.165, 1.54) is 44.6 Å². The van der Waals surface area contributed by atoms with Crippen molar-refractivity contribution in [1.29, 1.82) is 0 Å². The van der Waals surface area contributed by atoms with Crippen LogP contribution in [0.2, 0.25) is 0 Å². The first kappa shape index (κ1) is 21.6. The van der Waals surface area contributed by atoms with Crippen LogP contribution in [0.3, 0.4) is 0 Å². The molecule has 0 unspecified atom stereocenters. The Balaban J connectivity index is 3.44. The molecule has 132 valence electrons. The van der Waals surface area contributed by atoms with Crippen LogP contribution in [-0.4, -0.2) is 11.1 Å². The SMILES string of the molecule is CCCCC/C=C/CCCC/C=C/C/C=C(\F)CCCC(=O)O. The summed E-state index contributed by atoms with van der Waals surface area (Å²) in [6, 6.07) is 0. The quantitative estimate of drug-likeness (QED) is 0.267. The molecule has 0 aromatic heterocycles. The minimum atomic E-state index is -0.867. The minimum Gasteiger partial charge on any atom is -0.481 e. The number of rotatable bonds is 15. The fourth-order valence-electron chi connectivity index (χ4n) is 2.19. The lowest BCUT2D eigenvalue weighted by molar-refractivity contribution is -0.137. The van der Waals surface area contributed by atoms with Gasteiger partial charge in [0.1, 0.15) is 0 Å². The molecule has 0 atom stereocenters. The van der Waals surface area contributed by atoms with Crippen molar-refractivity contribution in [2.24, 2.45) is 0 Å². The van der Waals surface area contributed by atoms with Gasteiger partial charge < -0.3 is 5.11 Å². The van der Waals surface area contributed by atoms with E-state index in [2.05, 4.69) is 25.2 Å². The maximum absolute atomic E-state index is 13.3. The maximum Gasteiger partial charge on any atom is 0.303 e. The van der Waals surface area contributed by atoms with Crippen LogP contribution in [0, 0.1) is 0 Å². The van der Waals surface area contributed by atoms with Crippen LogP contribution in [0.25, 0.3) is 0 Å². The average Bonchev–Trinajstić information content (AvgIpc) is 2.51. The van der Waals surface area contributed by atoms with Crippen molar-refractivity contribution in [2.45, 2.75) is 84.0 Å². The number of hydrogen-bond donors (Lipinski definition) is 1. The fraction of sp³-hybridized carbons (Fsp3) is 0.650. The first-order valence-corrected chi connectivity index (χ1v) is 9.03. The molecule has 0 aromatic carbocycles. The zero-order valence-electron chi connectivity index (χ0n) is 14.6. The summed E-state index contributed by atoms with van der Waals surface area (Å²) in [5.41, 5.74) is 0. The molecule has 0 amide bonds. The number of carboxylic acid groups (broad SMARTS) is 1. The second-order valence-corrected chi connectivity index (χ2v) is 5.86. The topological polar surface area (TPSA) is 37.3 Å². The third kappa shape index (κ3) is 18.6. The van der Waals surface area contributed by atoms with E-state index in [1.54, 1.807) is 0 Å². The predicted octanol–water partition coefficient (Wildman–Crippen LogP) is 6.74. The number of halogens is 1. The van der Waals surface area contributed by atoms with Gasteiger partial charge in [0.05, 0.1) is 5.83 Å². The van der Waals surface area contributed by atoms with Crippen molar-refractivity contribution in [2.75, 3.05) is 0 Å². The van der Waals surface area contributed by atoms with Crippen molar-refractivity contribution < 1.29 is 14.3 Å². The first-order chi connectivity index (χ1) is 11.2. The van der Waals surface area contributed by atoms with Crippen molar-refractivity contribution in [3.63, 3.8) is 0 Å². The second kappa shape index (κ2) is 17.0. The van der Waals surface area contributed by atoms with Gasteiger partial charge in [-0.1, -0.05) is 44.1 Å². The van der Waals surface area contributed by atoms with Gasteiger partial charge in [0.25, 0.3) is 0 Å². The number of carbonyl (C=O) groups is 1. The lowest BCUT2D eigenvalue weighted by Crippen LogP contribution is -1.93. The summed E-state index contributed by atoms with van der Waals surface area (Å²) >= 11 is 0. The second-order valence-electron chi connectivity index (χ2n) is 5.86. The molecule has 0 radical (unpaired) electrons. The molecule has 0 saturated carbocycles. The Morgan fingerprint density at radius 2 is 1.43 bits per heavy atom. The highest BCUT2D eigenvalue weighted by Gasteiger charge is 1.98. The van der Waals surface area contributed by atoms with Crippen LogP contribution < -0.4 is 0 Å². The standard InChI is InChI=1S/C20H33FO2/c1-2-3-4-5-6-7-8-9-10-11-12-13-14-16-19(21)17-15-18-20(22)23/h6-7,12-13,16H,2-5,8-11,14-15,17-18H2,1H3,(H,22,23)/b7-6+,13-12+,19-16-. The first-order valence-electron chi connectivity index (χ1n) is 9.03. The molecular formula is C20H33FO2. The van der Waals surface area contributed by atoms with Gasteiger partial charge in [-0.05, 0) is 63.9 Å². The van der Waals surface area contributed by atoms with Gasteiger partial charge >= 0.3 is 5.97 Å². The Labute approximate surface area is 141 Å². The predicted molar refractivity (Wildman–Crippen MR) is 96.2 cm³/mol. The number of aliphatic carboxylic acids is 1. The Kier molecular flexibility index (Phi) is 16.0. The molecule has 3 heteroatoms. The zero-order chi connectivity index (χ0) is 17.2. The summed E-state index contributed by atoms with van der Waals surface area (Å²) in [4.78, 5) is 10.3. The largest absolute Gasteiger partial charge is 0.481 e. The summed E-state index contributed by atoms with van der Waals surface area (Å²) in [5.74, 6) is -1.07. The summed E-state index contributed by atoms with van der Waals surface area (Å²) < 4.78 is 13.3. The molecule has 0 fully saturated rings. The lowest BCUT2D eigenvalue weighted by atomic mass is 10.1. The van der Waals surface area contributed by atoms with Gasteiger partial charge in [-0.3, -0.25) is 4.79 Å². The normalized spacial score (nSPS) is 12.5. The van der Waals surface area contributed by atoms with Crippen LogP contribution in [0.4, 0.5) is 4.39 Å². The van der Waals surface area contributed by atoms with Crippen molar-refractivity contribution in [3.05, 3.63) is 36.2 Å². The van der Waals surface area contributed by atoms with E-state index >= 15 is 0 Å². The van der Waals surface area contributed by atoms with Gasteiger partial charge in [-0.25, -0.2) is 4.39 Å². The van der Waals surface area contributed by atoms with Gasteiger partial charge in [0, 0.05) is 6.42 Å². The molecule has 0 aliphatic heterocycles. The molecule has 0 saturated heterocycles. The van der Waals surface area contributed by atoms with Gasteiger partial charge in [-0.15, -0.1) is 0 Å². The van der Waals surface area contributed by atoms with Crippen LogP contribution in [-0.2, 0) is 4.79 Å². The molecule has 2 nitrogen and oxygen atoms in total. The van der Waals surface area contributed by atoms with E-state index in [4.69, 9.17) is 5.11 Å². The van der Waals surface area contributed by atoms with E-state index in [-0.39, 0.29) is 18.7 Å². The van der Waals surface area contributed by atoms with E-state index in [1.807, 2.05) is 6.08 Å². The lowest BCUT2D eigenvalue weighted by Gasteiger charge is -1.95. The van der Waals surface area contributed by atoms with Crippen molar-refractivity contribution in [3.8, 4) is 0 Å². The van der Waals surface area contributed by atoms with E-state index in [9.17, 15) is 9.18 Å². The maximum atomic E-state index is 13.3. The molecular weight excluding hydrogens is 291 g/mol. The summed E-state index contributed by atoms with van der Waals surface area (Å²) in [7, 11) is 0. The van der Waals surface area contributed by atoms with Gasteiger partial charge in [0.15, 0.2) is 0 Å². The molecule has 0 rings (SSSR count). The highest BCUT2D eigenvalue weighted by Crippen LogP contribution is 2.10. The van der Waals surface area contributed by atoms with E-state index in [0.29, 0.717) is 12.8 Å². The Morgan fingerprint density at radius 3 is 2.00 bits per heavy atom. The number of carboxylic acids is 1. The zero-order valence-corrected chi connectivity index (χ0v) is 14.6. The number of unbranched alkanes of at least 4 members (excludes halogenated alkanes) is 6. The van der Waals surface area contributed by atoms with Gasteiger partial charge in [-0.2, -0.15) is 0 Å². The Morgan fingerprint density at radius 1 is 0.870 bits per heavy atom. The third-order valence-electron chi connectivity index (χ3n) is 3.58. The van der Waals surface area contributed by atoms with Crippen molar-refractivity contribution in [1.82, 2.24) is 0 Å². The smallest absolute Gasteiger partial charge is 0.303 e. The number of allylic oxidation sites excluding steroid dienone is 6. The molecule has 0 aliphatic rings. The number of hydrogen-bond acceptors (Lipinski definition) is 1. The molecule has 0 aromatic rings. The van der Waals surface area contributed by atoms with Crippen molar-refractivity contribution >= 4 is 5.97 Å². The molecule has 23 heavy (non-hydrogen) atoms. The Bertz CT molecular complexity index is 370. The molecule has 1 N–H and O–H groups in total. The summed E-state index contributed by atoms with van der Waals surface area (Å²) in [6.07, 6.45) is 21.1. The molecule has 0 spiro atoms. The van der Waals surface area contributed by atoms with Crippen LogP contribution >= 0.6 is 0 Å². The summed E-state index contributed by atoms with van der Waals surface area (Å²) in [5, 5.41) is 8.47. The fourth-order valence-corrected chi connectivity index (χ4v) is 2.19. The van der Waals surface area contributed by atoms with Crippen LogP contribution in [0.5, 0.6) is 0 Å². The average molecular weight is 324 g/mol. The van der Waals surface area contributed by atoms with Gasteiger partial charge in [0.2, 0.25) is 0 Å². The molecule has 0 aliphatic carbocycles. The van der Waals surface area contributed by atoms with E-state index in [0.717, 1.165) is 12.8 Å². The molecule has 0 heterocycles. The minimum absolute atomic E-state index is 0.0319. The highest BCUT2D eigenvalue weighted by molar-refractivity contribution is 5.66. The summed E-state index contributed by atoms with van der Waals surface area (Å²) in [6.45, 7) is 2.22. The van der Waals surface area contributed by atoms with Crippen LogP contribution in [0.15, 0.2) is 36.2 Å². The highest BCUT2D eigenvalue weighted by atomic mass is 19.1.